The number of carboxylic acids is 1. The molecule has 0 saturated heterocycles. The summed E-state index contributed by atoms with van der Waals surface area (Å²) in [7, 11) is 1.54. The summed E-state index contributed by atoms with van der Waals surface area (Å²) in [5.74, 6) is 0.343. The van der Waals surface area contributed by atoms with Crippen LogP contribution in [0.3, 0.4) is 0 Å². The number of phenolic OH excluding ortho intramolecular Hbond substituents is 1. The number of phenols is 1. The van der Waals surface area contributed by atoms with E-state index in [-0.39, 0.29) is 5.75 Å². The lowest BCUT2D eigenvalue weighted by Gasteiger charge is -2.08. The Morgan fingerprint density at radius 2 is 1.73 bits per heavy atom. The molecule has 0 saturated carbocycles. The Balaban J connectivity index is 0.000000552. The predicted molar refractivity (Wildman–Crippen MR) is 94.5 cm³/mol. The third-order valence-corrected chi connectivity index (χ3v) is 3.21. The van der Waals surface area contributed by atoms with Crippen molar-refractivity contribution < 1.29 is 33.7 Å². The number of methoxy groups -OCH3 is 1. The monoisotopic (exact) mass is 358 g/mol. The second-order valence-electron chi connectivity index (χ2n) is 5.31. The van der Waals surface area contributed by atoms with E-state index in [0.717, 1.165) is 12.3 Å². The summed E-state index contributed by atoms with van der Waals surface area (Å²) >= 11 is 0. The first-order chi connectivity index (χ1) is 12.3. The number of aromatic hydroxyl groups is 1. The van der Waals surface area contributed by atoms with Gasteiger partial charge in [-0.3, -0.25) is 9.59 Å². The Kier molecular flexibility index (Phi) is 5.85. The number of fused-ring (bicyclic) bond motifs is 1. The number of hydrogen-bond donors (Lipinski definition) is 2. The van der Waals surface area contributed by atoms with Gasteiger partial charge in [-0.25, -0.2) is 0 Å². The van der Waals surface area contributed by atoms with Crippen LogP contribution in [0.25, 0.3) is 22.3 Å². The van der Waals surface area contributed by atoms with E-state index in [0.29, 0.717) is 28.4 Å². The van der Waals surface area contributed by atoms with Gasteiger partial charge in [0.05, 0.1) is 12.7 Å². The second kappa shape index (κ2) is 8.06. The van der Waals surface area contributed by atoms with Crippen molar-refractivity contribution in [2.24, 2.45) is 0 Å². The maximum atomic E-state index is 11.3. The van der Waals surface area contributed by atoms with Crippen LogP contribution in [-0.2, 0) is 9.59 Å². The molecule has 0 aliphatic heterocycles. The average Bonchev–Trinajstić information content (AvgIpc) is 2.96. The van der Waals surface area contributed by atoms with Crippen LogP contribution in [0.2, 0.25) is 0 Å². The number of esters is 1. The first-order valence-electron chi connectivity index (χ1n) is 7.59. The highest BCUT2D eigenvalue weighted by Gasteiger charge is 2.14. The van der Waals surface area contributed by atoms with Crippen LogP contribution in [0.1, 0.15) is 13.8 Å². The first-order valence-corrected chi connectivity index (χ1v) is 7.59. The number of aliphatic carboxylic acids is 1. The van der Waals surface area contributed by atoms with E-state index >= 15 is 0 Å². The standard InChI is InChI=1S/C17H14O5.C2H4O2/c1-10(18)21-17-9-13(20-2)5-6-14(17)16-7-11-3-4-12(19)8-15(11)22-16;1-2(3)4/h3-9,19H,1-2H3;1H3,(H,3,4). The lowest BCUT2D eigenvalue weighted by Crippen LogP contribution is -2.02. The normalized spacial score (nSPS) is 9.96. The summed E-state index contributed by atoms with van der Waals surface area (Å²) in [5, 5.41) is 17.8. The molecular weight excluding hydrogens is 340 g/mol. The number of carboxylic acid groups (broad SMARTS) is 1. The molecule has 0 unspecified atom stereocenters. The van der Waals surface area contributed by atoms with Gasteiger partial charge in [-0.15, -0.1) is 0 Å². The van der Waals surface area contributed by atoms with E-state index in [9.17, 15) is 9.90 Å². The number of hydrogen-bond acceptors (Lipinski definition) is 6. The van der Waals surface area contributed by atoms with Gasteiger partial charge < -0.3 is 24.1 Å². The van der Waals surface area contributed by atoms with Crippen LogP contribution in [0, 0.1) is 0 Å². The van der Waals surface area contributed by atoms with Crippen molar-refractivity contribution in [2.45, 2.75) is 13.8 Å². The van der Waals surface area contributed by atoms with Crippen molar-refractivity contribution in [2.75, 3.05) is 7.11 Å². The molecule has 0 aliphatic carbocycles. The fourth-order valence-electron chi connectivity index (χ4n) is 2.23. The van der Waals surface area contributed by atoms with E-state index in [4.69, 9.17) is 23.8 Å². The summed E-state index contributed by atoms with van der Waals surface area (Å²) in [4.78, 5) is 20.3. The lowest BCUT2D eigenvalue weighted by atomic mass is 10.1. The zero-order valence-corrected chi connectivity index (χ0v) is 14.5. The van der Waals surface area contributed by atoms with E-state index in [1.165, 1.54) is 20.1 Å². The van der Waals surface area contributed by atoms with Crippen LogP contribution in [-0.4, -0.2) is 29.3 Å². The van der Waals surface area contributed by atoms with Crippen molar-refractivity contribution in [3.05, 3.63) is 42.5 Å². The van der Waals surface area contributed by atoms with Crippen LogP contribution in [0.15, 0.2) is 46.9 Å². The van der Waals surface area contributed by atoms with Gasteiger partial charge in [0.1, 0.15) is 28.6 Å². The minimum atomic E-state index is -0.833. The Morgan fingerprint density at radius 3 is 2.35 bits per heavy atom. The highest BCUT2D eigenvalue weighted by atomic mass is 16.5. The molecule has 2 N–H and O–H groups in total. The number of furan rings is 1. The Hall–Kier alpha value is -3.48. The van der Waals surface area contributed by atoms with Gasteiger partial charge in [-0.2, -0.15) is 0 Å². The van der Waals surface area contributed by atoms with E-state index in [1.54, 1.807) is 30.3 Å². The smallest absolute Gasteiger partial charge is 0.308 e. The molecule has 0 spiro atoms. The summed E-state index contributed by atoms with van der Waals surface area (Å²) in [5.41, 5.74) is 1.19. The topological polar surface area (TPSA) is 106 Å². The van der Waals surface area contributed by atoms with Crippen LogP contribution in [0.4, 0.5) is 0 Å². The molecule has 3 rings (SSSR count). The van der Waals surface area contributed by atoms with E-state index in [2.05, 4.69) is 0 Å². The van der Waals surface area contributed by atoms with Crippen LogP contribution >= 0.6 is 0 Å². The SMILES string of the molecule is CC(=O)O.COc1ccc(-c2cc3ccc(O)cc3o2)c(OC(C)=O)c1. The maximum absolute atomic E-state index is 11.3. The number of benzene rings is 2. The molecule has 0 radical (unpaired) electrons. The van der Waals surface area contributed by atoms with Crippen molar-refractivity contribution in [3.8, 4) is 28.6 Å². The Bertz CT molecular complexity index is 936. The minimum Gasteiger partial charge on any atom is -0.508 e. The van der Waals surface area contributed by atoms with E-state index in [1.807, 2.05) is 6.07 Å². The molecule has 136 valence electrons. The molecule has 2 aromatic carbocycles. The molecule has 7 nitrogen and oxygen atoms in total. The summed E-state index contributed by atoms with van der Waals surface area (Å²) in [6.45, 7) is 2.42. The molecule has 0 bridgehead atoms. The van der Waals surface area contributed by atoms with Crippen molar-refractivity contribution in [1.82, 2.24) is 0 Å². The Morgan fingerprint density at radius 1 is 1.04 bits per heavy atom. The van der Waals surface area contributed by atoms with Gasteiger partial charge in [0.15, 0.2) is 0 Å². The molecule has 1 heterocycles. The molecule has 0 amide bonds. The molecule has 0 aliphatic rings. The zero-order chi connectivity index (χ0) is 19.3. The fourth-order valence-corrected chi connectivity index (χ4v) is 2.23. The molecule has 1 aromatic heterocycles. The molecule has 26 heavy (non-hydrogen) atoms. The van der Waals surface area contributed by atoms with Crippen LogP contribution in [0.5, 0.6) is 17.2 Å². The lowest BCUT2D eigenvalue weighted by molar-refractivity contribution is -0.134. The molecule has 0 fully saturated rings. The predicted octanol–water partition coefficient (Wildman–Crippen LogP) is 3.83. The van der Waals surface area contributed by atoms with Gasteiger partial charge in [-0.1, -0.05) is 0 Å². The quantitative estimate of drug-likeness (QED) is 0.541. The average molecular weight is 358 g/mol. The minimum absolute atomic E-state index is 0.128. The van der Waals surface area contributed by atoms with Gasteiger partial charge >= 0.3 is 5.97 Å². The second-order valence-corrected chi connectivity index (χ2v) is 5.31. The molecule has 0 atom stereocenters. The third kappa shape index (κ3) is 4.76. The van der Waals surface area contributed by atoms with Gasteiger partial charge in [-0.05, 0) is 30.3 Å². The van der Waals surface area contributed by atoms with Crippen molar-refractivity contribution in [3.63, 3.8) is 0 Å². The fraction of sp³-hybridized carbons (Fsp3) is 0.158. The third-order valence-electron chi connectivity index (χ3n) is 3.21. The maximum Gasteiger partial charge on any atom is 0.308 e. The summed E-state index contributed by atoms with van der Waals surface area (Å²) < 4.78 is 16.1. The number of carbonyl (C=O) groups is 2. The summed E-state index contributed by atoms with van der Waals surface area (Å²) in [6.07, 6.45) is 0. The molecule has 7 heteroatoms. The first kappa shape index (κ1) is 18.9. The largest absolute Gasteiger partial charge is 0.508 e. The van der Waals surface area contributed by atoms with Gasteiger partial charge in [0, 0.05) is 31.4 Å². The number of ether oxygens (including phenoxy) is 2. The number of rotatable bonds is 3. The number of carbonyl (C=O) groups excluding carboxylic acids is 1. The van der Waals surface area contributed by atoms with Crippen molar-refractivity contribution >= 4 is 22.9 Å². The molecule has 3 aromatic rings. The van der Waals surface area contributed by atoms with Crippen LogP contribution < -0.4 is 9.47 Å². The van der Waals surface area contributed by atoms with E-state index < -0.39 is 11.9 Å². The molecular formula is C19H18O7. The van der Waals surface area contributed by atoms with Crippen molar-refractivity contribution in [1.29, 1.82) is 0 Å². The van der Waals surface area contributed by atoms with Gasteiger partial charge in [0.25, 0.3) is 5.97 Å². The summed E-state index contributed by atoms with van der Waals surface area (Å²) in [6, 6.07) is 11.8. The highest BCUT2D eigenvalue weighted by Crippen LogP contribution is 2.37. The Labute approximate surface area is 149 Å². The zero-order valence-electron chi connectivity index (χ0n) is 14.5. The highest BCUT2D eigenvalue weighted by molar-refractivity contribution is 5.86. The van der Waals surface area contributed by atoms with Gasteiger partial charge in [0.2, 0.25) is 0 Å².